The molecule has 0 saturated carbocycles. The molecule has 100 valence electrons. The van der Waals surface area contributed by atoms with Crippen LogP contribution < -0.4 is 4.74 Å². The van der Waals surface area contributed by atoms with E-state index in [1.165, 1.54) is 0 Å². The number of aldehydes is 1. The van der Waals surface area contributed by atoms with Crippen LogP contribution in [0.4, 0.5) is 0 Å². The Bertz CT molecular complexity index is 593. The smallest absolute Gasteiger partial charge is 0.153 e. The largest absolute Gasteiger partial charge is 0.487 e. The minimum absolute atomic E-state index is 0.370. The Hall–Kier alpha value is -1.62. The molecule has 0 saturated heterocycles. The number of carbonyl (C=O) groups is 1. The SMILES string of the molecule is CCc1nn(C)c(COc2ccccc2C=O)c1Br. The average molecular weight is 323 g/mol. The normalized spacial score (nSPS) is 10.5. The molecule has 2 rings (SSSR count). The molecular formula is C14H15BrN2O2. The lowest BCUT2D eigenvalue weighted by molar-refractivity contribution is 0.111. The Morgan fingerprint density at radius 3 is 2.79 bits per heavy atom. The number of hydrogen-bond acceptors (Lipinski definition) is 3. The van der Waals surface area contributed by atoms with Gasteiger partial charge in [0.25, 0.3) is 0 Å². The first-order chi connectivity index (χ1) is 9.17. The summed E-state index contributed by atoms with van der Waals surface area (Å²) in [5.74, 6) is 0.587. The number of hydrogen-bond donors (Lipinski definition) is 0. The predicted molar refractivity (Wildman–Crippen MR) is 76.4 cm³/mol. The highest BCUT2D eigenvalue weighted by molar-refractivity contribution is 9.10. The van der Waals surface area contributed by atoms with Gasteiger partial charge in [-0.3, -0.25) is 9.48 Å². The van der Waals surface area contributed by atoms with E-state index in [1.54, 1.807) is 16.8 Å². The maximum Gasteiger partial charge on any atom is 0.153 e. The van der Waals surface area contributed by atoms with Crippen molar-refractivity contribution >= 4 is 22.2 Å². The molecule has 0 fully saturated rings. The minimum atomic E-state index is 0.370. The van der Waals surface area contributed by atoms with E-state index >= 15 is 0 Å². The second kappa shape index (κ2) is 6.02. The predicted octanol–water partition coefficient (Wildman–Crippen LogP) is 3.14. The second-order valence-corrected chi connectivity index (χ2v) is 4.92. The number of aryl methyl sites for hydroxylation is 2. The number of halogens is 1. The molecule has 0 spiro atoms. The standard InChI is InChI=1S/C14H15BrN2O2/c1-3-11-14(15)12(17(2)16-11)9-19-13-7-5-4-6-10(13)8-18/h4-8H,3,9H2,1-2H3. The van der Waals surface area contributed by atoms with Gasteiger partial charge in [0.1, 0.15) is 12.4 Å². The van der Waals surface area contributed by atoms with Crippen LogP contribution in [0.1, 0.15) is 28.7 Å². The molecule has 4 nitrogen and oxygen atoms in total. The van der Waals surface area contributed by atoms with Crippen LogP contribution in [0.2, 0.25) is 0 Å². The Labute approximate surface area is 120 Å². The zero-order chi connectivity index (χ0) is 13.8. The number of nitrogens with zero attached hydrogens (tertiary/aromatic N) is 2. The summed E-state index contributed by atoms with van der Waals surface area (Å²) in [4.78, 5) is 10.9. The van der Waals surface area contributed by atoms with Gasteiger partial charge in [-0.1, -0.05) is 19.1 Å². The summed E-state index contributed by atoms with van der Waals surface area (Å²) in [6.07, 6.45) is 1.66. The van der Waals surface area contributed by atoms with E-state index in [9.17, 15) is 4.79 Å². The van der Waals surface area contributed by atoms with Gasteiger partial charge in [-0.05, 0) is 34.5 Å². The zero-order valence-electron chi connectivity index (χ0n) is 10.9. The number of para-hydroxylation sites is 1. The molecule has 0 unspecified atom stereocenters. The molecule has 0 bridgehead atoms. The molecule has 1 heterocycles. The van der Waals surface area contributed by atoms with Crippen molar-refractivity contribution in [3.05, 3.63) is 45.7 Å². The van der Waals surface area contributed by atoms with Crippen molar-refractivity contribution in [3.8, 4) is 5.75 Å². The Morgan fingerprint density at radius 1 is 1.42 bits per heavy atom. The molecule has 2 aromatic rings. The first-order valence-corrected chi connectivity index (χ1v) is 6.84. The van der Waals surface area contributed by atoms with Gasteiger partial charge in [0.15, 0.2) is 6.29 Å². The maximum atomic E-state index is 10.9. The van der Waals surface area contributed by atoms with E-state index in [1.807, 2.05) is 19.2 Å². The fourth-order valence-electron chi connectivity index (χ4n) is 1.83. The third-order valence-corrected chi connectivity index (χ3v) is 3.83. The summed E-state index contributed by atoms with van der Waals surface area (Å²) in [6.45, 7) is 2.42. The molecule has 0 aliphatic heterocycles. The zero-order valence-corrected chi connectivity index (χ0v) is 12.5. The van der Waals surface area contributed by atoms with Gasteiger partial charge >= 0.3 is 0 Å². The molecule has 0 radical (unpaired) electrons. The molecule has 0 amide bonds. The maximum absolute atomic E-state index is 10.9. The molecule has 5 heteroatoms. The van der Waals surface area contributed by atoms with Crippen molar-refractivity contribution in [2.24, 2.45) is 7.05 Å². The van der Waals surface area contributed by atoms with E-state index in [4.69, 9.17) is 4.74 Å². The van der Waals surface area contributed by atoms with Crippen LogP contribution in [0.3, 0.4) is 0 Å². The van der Waals surface area contributed by atoms with Gasteiger partial charge in [-0.15, -0.1) is 0 Å². The van der Waals surface area contributed by atoms with Gasteiger partial charge in [0.05, 0.1) is 21.4 Å². The van der Waals surface area contributed by atoms with Crippen molar-refractivity contribution in [1.29, 1.82) is 0 Å². The Balaban J connectivity index is 2.19. The van der Waals surface area contributed by atoms with E-state index in [0.717, 1.165) is 28.6 Å². The van der Waals surface area contributed by atoms with Crippen LogP contribution in [0.25, 0.3) is 0 Å². The molecule has 0 aliphatic carbocycles. The lowest BCUT2D eigenvalue weighted by Gasteiger charge is -2.08. The first-order valence-electron chi connectivity index (χ1n) is 6.04. The fourth-order valence-corrected chi connectivity index (χ4v) is 2.56. The average Bonchev–Trinajstić information content (AvgIpc) is 2.71. The van der Waals surface area contributed by atoms with Gasteiger partial charge in [0, 0.05) is 7.05 Å². The molecule has 19 heavy (non-hydrogen) atoms. The van der Waals surface area contributed by atoms with Crippen LogP contribution in [0.5, 0.6) is 5.75 Å². The van der Waals surface area contributed by atoms with E-state index in [0.29, 0.717) is 17.9 Å². The molecule has 1 aromatic carbocycles. The van der Waals surface area contributed by atoms with E-state index < -0.39 is 0 Å². The third-order valence-electron chi connectivity index (χ3n) is 2.91. The van der Waals surface area contributed by atoms with Gasteiger partial charge in [-0.25, -0.2) is 0 Å². The Morgan fingerprint density at radius 2 is 2.16 bits per heavy atom. The van der Waals surface area contributed by atoms with Gasteiger partial charge in [-0.2, -0.15) is 5.10 Å². The summed E-state index contributed by atoms with van der Waals surface area (Å²) < 4.78 is 8.48. The number of ether oxygens (including phenoxy) is 1. The van der Waals surface area contributed by atoms with E-state index in [-0.39, 0.29) is 0 Å². The van der Waals surface area contributed by atoms with Crippen LogP contribution in [-0.4, -0.2) is 16.1 Å². The lowest BCUT2D eigenvalue weighted by atomic mass is 10.2. The summed E-state index contributed by atoms with van der Waals surface area (Å²) in [5, 5.41) is 4.40. The summed E-state index contributed by atoms with van der Waals surface area (Å²) in [7, 11) is 1.88. The topological polar surface area (TPSA) is 44.1 Å². The van der Waals surface area contributed by atoms with Crippen LogP contribution in [0, 0.1) is 0 Å². The fraction of sp³-hybridized carbons (Fsp3) is 0.286. The monoisotopic (exact) mass is 322 g/mol. The van der Waals surface area contributed by atoms with Crippen LogP contribution in [0.15, 0.2) is 28.7 Å². The summed E-state index contributed by atoms with van der Waals surface area (Å²) >= 11 is 3.54. The Kier molecular flexibility index (Phi) is 4.37. The quantitative estimate of drug-likeness (QED) is 0.794. The molecule has 1 aromatic heterocycles. The van der Waals surface area contributed by atoms with Crippen LogP contribution in [-0.2, 0) is 20.1 Å². The summed E-state index contributed by atoms with van der Waals surface area (Å²) in [5.41, 5.74) is 2.51. The van der Waals surface area contributed by atoms with Crippen LogP contribution >= 0.6 is 15.9 Å². The highest BCUT2D eigenvalue weighted by atomic mass is 79.9. The second-order valence-electron chi connectivity index (χ2n) is 4.13. The van der Waals surface area contributed by atoms with Crippen molar-refractivity contribution in [1.82, 2.24) is 9.78 Å². The molecule has 0 N–H and O–H groups in total. The molecular weight excluding hydrogens is 308 g/mol. The van der Waals surface area contributed by atoms with Crippen molar-refractivity contribution in [2.75, 3.05) is 0 Å². The van der Waals surface area contributed by atoms with Crippen molar-refractivity contribution in [2.45, 2.75) is 20.0 Å². The minimum Gasteiger partial charge on any atom is -0.487 e. The van der Waals surface area contributed by atoms with Gasteiger partial charge in [0.2, 0.25) is 0 Å². The first kappa shape index (κ1) is 13.8. The van der Waals surface area contributed by atoms with E-state index in [2.05, 4.69) is 28.0 Å². The highest BCUT2D eigenvalue weighted by Gasteiger charge is 2.13. The number of carbonyl (C=O) groups excluding carboxylic acids is 1. The number of aromatic nitrogens is 2. The summed E-state index contributed by atoms with van der Waals surface area (Å²) in [6, 6.07) is 7.18. The molecule has 0 aliphatic rings. The lowest BCUT2D eigenvalue weighted by Crippen LogP contribution is -2.04. The molecule has 0 atom stereocenters. The number of rotatable bonds is 5. The third kappa shape index (κ3) is 2.87. The van der Waals surface area contributed by atoms with Gasteiger partial charge < -0.3 is 4.74 Å². The van der Waals surface area contributed by atoms with Crippen molar-refractivity contribution in [3.63, 3.8) is 0 Å². The highest BCUT2D eigenvalue weighted by Crippen LogP contribution is 2.24. The van der Waals surface area contributed by atoms with Crippen molar-refractivity contribution < 1.29 is 9.53 Å². The number of benzene rings is 1.